The lowest BCUT2D eigenvalue weighted by Crippen LogP contribution is -2.40. The average molecular weight is 315 g/mol. The van der Waals surface area contributed by atoms with Crippen LogP contribution in [0.1, 0.15) is 18.4 Å². The molecule has 0 heterocycles. The van der Waals surface area contributed by atoms with E-state index in [1.54, 1.807) is 0 Å². The van der Waals surface area contributed by atoms with Gasteiger partial charge >= 0.3 is 0 Å². The van der Waals surface area contributed by atoms with Gasteiger partial charge in [-0.2, -0.15) is 0 Å². The molecule has 4 heteroatoms. The minimum Gasteiger partial charge on any atom is -0.395 e. The Balaban J connectivity index is 2.11. The Morgan fingerprint density at radius 2 is 1.89 bits per heavy atom. The fraction of sp³-hybridized carbons (Fsp3) is 0.571. The van der Waals surface area contributed by atoms with Gasteiger partial charge in [-0.25, -0.2) is 0 Å². The van der Waals surface area contributed by atoms with Crippen LogP contribution in [0.25, 0.3) is 0 Å². The standard InChI is InChI=1S/C14H19BrO3/c15-13-4-2-1-3-12(13)14(8-16,9-17)10-18-7-11-5-6-11/h1-4,11,16-17H,5-10H2. The molecule has 0 aromatic heterocycles. The van der Waals surface area contributed by atoms with Crippen LogP contribution in [0.4, 0.5) is 0 Å². The molecule has 0 unspecified atom stereocenters. The molecule has 0 radical (unpaired) electrons. The summed E-state index contributed by atoms with van der Waals surface area (Å²) >= 11 is 3.47. The number of aliphatic hydroxyl groups excluding tert-OH is 2. The molecule has 18 heavy (non-hydrogen) atoms. The highest BCUT2D eigenvalue weighted by atomic mass is 79.9. The van der Waals surface area contributed by atoms with E-state index >= 15 is 0 Å². The van der Waals surface area contributed by atoms with E-state index in [1.807, 2.05) is 24.3 Å². The van der Waals surface area contributed by atoms with Crippen LogP contribution in [0.15, 0.2) is 28.7 Å². The van der Waals surface area contributed by atoms with Crippen LogP contribution in [0.2, 0.25) is 0 Å². The number of hydrogen-bond acceptors (Lipinski definition) is 3. The molecule has 0 saturated heterocycles. The van der Waals surface area contributed by atoms with Crippen molar-refractivity contribution in [1.29, 1.82) is 0 Å². The number of benzene rings is 1. The molecule has 0 atom stereocenters. The summed E-state index contributed by atoms with van der Waals surface area (Å²) in [6.45, 7) is 0.818. The Bertz CT molecular complexity index is 386. The first-order valence-electron chi connectivity index (χ1n) is 6.26. The Morgan fingerprint density at radius 1 is 1.22 bits per heavy atom. The van der Waals surface area contributed by atoms with Crippen molar-refractivity contribution in [3.05, 3.63) is 34.3 Å². The first kappa shape index (κ1) is 14.0. The van der Waals surface area contributed by atoms with Gasteiger partial charge in [0, 0.05) is 11.1 Å². The fourth-order valence-electron chi connectivity index (χ4n) is 1.99. The van der Waals surface area contributed by atoms with Gasteiger partial charge in [0.25, 0.3) is 0 Å². The molecule has 2 N–H and O–H groups in total. The van der Waals surface area contributed by atoms with E-state index in [0.29, 0.717) is 12.5 Å². The third-order valence-corrected chi connectivity index (χ3v) is 4.17. The second-order valence-corrected chi connectivity index (χ2v) is 5.89. The van der Waals surface area contributed by atoms with Crippen molar-refractivity contribution in [2.24, 2.45) is 5.92 Å². The summed E-state index contributed by atoms with van der Waals surface area (Å²) in [5.74, 6) is 0.680. The number of ether oxygens (including phenoxy) is 1. The molecular weight excluding hydrogens is 296 g/mol. The van der Waals surface area contributed by atoms with Crippen molar-refractivity contribution in [3.8, 4) is 0 Å². The number of halogens is 1. The first-order chi connectivity index (χ1) is 8.72. The van der Waals surface area contributed by atoms with E-state index in [0.717, 1.165) is 16.6 Å². The summed E-state index contributed by atoms with van der Waals surface area (Å²) in [6, 6.07) is 7.65. The Hall–Kier alpha value is -0.420. The Kier molecular flexibility index (Phi) is 4.78. The molecule has 1 aromatic carbocycles. The van der Waals surface area contributed by atoms with Crippen LogP contribution in [0, 0.1) is 5.92 Å². The van der Waals surface area contributed by atoms with E-state index in [9.17, 15) is 10.2 Å². The Morgan fingerprint density at radius 3 is 2.44 bits per heavy atom. The minimum atomic E-state index is -0.727. The topological polar surface area (TPSA) is 49.7 Å². The van der Waals surface area contributed by atoms with Crippen molar-refractivity contribution >= 4 is 15.9 Å². The van der Waals surface area contributed by atoms with Gasteiger partial charge in [-0.1, -0.05) is 34.1 Å². The zero-order valence-corrected chi connectivity index (χ0v) is 11.9. The van der Waals surface area contributed by atoms with Gasteiger partial charge < -0.3 is 14.9 Å². The van der Waals surface area contributed by atoms with Gasteiger partial charge in [0.15, 0.2) is 0 Å². The predicted octanol–water partition coefficient (Wildman–Crippen LogP) is 2.10. The summed E-state index contributed by atoms with van der Waals surface area (Å²) in [5, 5.41) is 19.3. The molecule has 100 valence electrons. The van der Waals surface area contributed by atoms with Crippen molar-refractivity contribution in [3.63, 3.8) is 0 Å². The molecule has 0 spiro atoms. The third-order valence-electron chi connectivity index (χ3n) is 3.48. The highest BCUT2D eigenvalue weighted by molar-refractivity contribution is 9.10. The van der Waals surface area contributed by atoms with E-state index in [1.165, 1.54) is 12.8 Å². The molecule has 1 saturated carbocycles. The van der Waals surface area contributed by atoms with Crippen molar-refractivity contribution < 1.29 is 14.9 Å². The van der Waals surface area contributed by atoms with Crippen LogP contribution in [0.3, 0.4) is 0 Å². The van der Waals surface area contributed by atoms with E-state index in [4.69, 9.17) is 4.74 Å². The second-order valence-electron chi connectivity index (χ2n) is 5.03. The molecule has 1 fully saturated rings. The summed E-state index contributed by atoms with van der Waals surface area (Å²) < 4.78 is 6.57. The van der Waals surface area contributed by atoms with Crippen LogP contribution in [0.5, 0.6) is 0 Å². The van der Waals surface area contributed by atoms with Crippen molar-refractivity contribution in [2.45, 2.75) is 18.3 Å². The lowest BCUT2D eigenvalue weighted by Gasteiger charge is -2.31. The third kappa shape index (κ3) is 3.12. The van der Waals surface area contributed by atoms with Gasteiger partial charge in [-0.15, -0.1) is 0 Å². The maximum atomic E-state index is 9.67. The maximum Gasteiger partial charge on any atom is 0.0659 e. The van der Waals surface area contributed by atoms with Crippen LogP contribution < -0.4 is 0 Å². The number of rotatable bonds is 7. The van der Waals surface area contributed by atoms with Gasteiger partial charge in [-0.05, 0) is 30.4 Å². The lowest BCUT2D eigenvalue weighted by atomic mass is 9.83. The zero-order valence-electron chi connectivity index (χ0n) is 10.3. The highest BCUT2D eigenvalue weighted by Crippen LogP contribution is 2.33. The summed E-state index contributed by atoms with van der Waals surface area (Å²) in [6.07, 6.45) is 2.47. The number of aliphatic hydroxyl groups is 2. The molecule has 1 aromatic rings. The SMILES string of the molecule is OCC(CO)(COCC1CC1)c1ccccc1Br. The maximum absolute atomic E-state index is 9.67. The average Bonchev–Trinajstić information content (AvgIpc) is 3.20. The van der Waals surface area contributed by atoms with E-state index < -0.39 is 5.41 Å². The monoisotopic (exact) mass is 314 g/mol. The summed E-state index contributed by atoms with van der Waals surface area (Å²) in [5.41, 5.74) is 0.167. The quantitative estimate of drug-likeness (QED) is 0.810. The van der Waals surface area contributed by atoms with Gasteiger partial charge in [0.05, 0.1) is 25.2 Å². The molecule has 1 aliphatic rings. The highest BCUT2D eigenvalue weighted by Gasteiger charge is 2.34. The van der Waals surface area contributed by atoms with Crippen LogP contribution in [-0.4, -0.2) is 36.6 Å². The molecule has 0 amide bonds. The van der Waals surface area contributed by atoms with Gasteiger partial charge in [-0.3, -0.25) is 0 Å². The van der Waals surface area contributed by atoms with E-state index in [-0.39, 0.29) is 13.2 Å². The normalized spacial score (nSPS) is 15.9. The van der Waals surface area contributed by atoms with Gasteiger partial charge in [0.2, 0.25) is 0 Å². The first-order valence-corrected chi connectivity index (χ1v) is 7.05. The number of hydrogen-bond donors (Lipinski definition) is 2. The molecule has 0 bridgehead atoms. The van der Waals surface area contributed by atoms with Gasteiger partial charge in [0.1, 0.15) is 0 Å². The largest absolute Gasteiger partial charge is 0.395 e. The molecule has 1 aliphatic carbocycles. The fourth-order valence-corrected chi connectivity index (χ4v) is 2.69. The summed E-state index contributed by atoms with van der Waals surface area (Å²) in [4.78, 5) is 0. The minimum absolute atomic E-state index is 0.128. The molecular formula is C14H19BrO3. The van der Waals surface area contributed by atoms with Crippen molar-refractivity contribution in [2.75, 3.05) is 26.4 Å². The lowest BCUT2D eigenvalue weighted by molar-refractivity contribution is 0.0161. The van der Waals surface area contributed by atoms with Crippen molar-refractivity contribution in [1.82, 2.24) is 0 Å². The Labute approximate surface area is 116 Å². The molecule has 3 nitrogen and oxygen atoms in total. The zero-order chi connectivity index (χ0) is 13.0. The van der Waals surface area contributed by atoms with Crippen LogP contribution >= 0.6 is 15.9 Å². The van der Waals surface area contributed by atoms with Crippen LogP contribution in [-0.2, 0) is 10.2 Å². The van der Waals surface area contributed by atoms with E-state index in [2.05, 4.69) is 15.9 Å². The second kappa shape index (κ2) is 6.15. The predicted molar refractivity (Wildman–Crippen MR) is 73.5 cm³/mol. The smallest absolute Gasteiger partial charge is 0.0659 e. The molecule has 0 aliphatic heterocycles. The molecule has 2 rings (SSSR count). The summed E-state index contributed by atoms with van der Waals surface area (Å²) in [7, 11) is 0.